The van der Waals surface area contributed by atoms with Crippen LogP contribution < -0.4 is 10.6 Å². The van der Waals surface area contributed by atoms with Crippen molar-refractivity contribution < 1.29 is 38.1 Å². The molecule has 1 aliphatic rings. The van der Waals surface area contributed by atoms with Crippen molar-refractivity contribution in [1.29, 1.82) is 0 Å². The zero-order valence-electron chi connectivity index (χ0n) is 15.0. The molecular formula is C16H25FN2O7. The van der Waals surface area contributed by atoms with E-state index < -0.39 is 48.2 Å². The van der Waals surface area contributed by atoms with Crippen molar-refractivity contribution in [2.75, 3.05) is 13.7 Å². The summed E-state index contributed by atoms with van der Waals surface area (Å²) in [4.78, 5) is 46.7. The lowest BCUT2D eigenvalue weighted by Gasteiger charge is -2.26. The van der Waals surface area contributed by atoms with E-state index in [-0.39, 0.29) is 25.3 Å². The number of carbonyl (C=O) groups is 4. The fourth-order valence-corrected chi connectivity index (χ4v) is 3.13. The number of aliphatic carboxylic acids is 1. The SMILES string of the molecule is CCCC(F)OC(=O)N[C@H]1[C@@H](CNC(C)=O)[C@H](C(=O)OC)C[C@@H]1C(=O)O. The second kappa shape index (κ2) is 9.93. The highest BCUT2D eigenvalue weighted by Gasteiger charge is 2.50. The van der Waals surface area contributed by atoms with Crippen LogP contribution in [-0.2, 0) is 23.9 Å². The number of alkyl halides is 1. The molecule has 0 spiro atoms. The lowest BCUT2D eigenvalue weighted by molar-refractivity contribution is -0.147. The number of amides is 2. The second-order valence-corrected chi connectivity index (χ2v) is 6.19. The summed E-state index contributed by atoms with van der Waals surface area (Å²) in [5.74, 6) is -4.91. The third kappa shape index (κ3) is 5.85. The van der Waals surface area contributed by atoms with Gasteiger partial charge in [0.1, 0.15) is 0 Å². The molecule has 0 bridgehead atoms. The summed E-state index contributed by atoms with van der Waals surface area (Å²) in [7, 11) is 1.17. The molecule has 3 N–H and O–H groups in total. The number of hydrogen-bond acceptors (Lipinski definition) is 6. The molecule has 10 heteroatoms. The van der Waals surface area contributed by atoms with Crippen molar-refractivity contribution >= 4 is 23.9 Å². The van der Waals surface area contributed by atoms with Gasteiger partial charge in [-0.3, -0.25) is 14.4 Å². The third-order valence-corrected chi connectivity index (χ3v) is 4.36. The van der Waals surface area contributed by atoms with Crippen LogP contribution in [0.2, 0.25) is 0 Å². The van der Waals surface area contributed by atoms with E-state index >= 15 is 0 Å². The van der Waals surface area contributed by atoms with Crippen LogP contribution in [0.4, 0.5) is 9.18 Å². The molecular weight excluding hydrogens is 351 g/mol. The molecule has 0 saturated heterocycles. The highest BCUT2D eigenvalue weighted by Crippen LogP contribution is 2.37. The average molecular weight is 376 g/mol. The molecule has 26 heavy (non-hydrogen) atoms. The average Bonchev–Trinajstić information content (AvgIpc) is 2.90. The van der Waals surface area contributed by atoms with Crippen molar-refractivity contribution in [3.63, 3.8) is 0 Å². The van der Waals surface area contributed by atoms with Crippen LogP contribution in [0.3, 0.4) is 0 Å². The van der Waals surface area contributed by atoms with Gasteiger partial charge in [0, 0.05) is 25.8 Å². The smallest absolute Gasteiger partial charge is 0.409 e. The molecule has 1 rings (SSSR count). The van der Waals surface area contributed by atoms with E-state index in [2.05, 4.69) is 15.4 Å². The molecule has 2 amide bonds. The molecule has 0 aliphatic heterocycles. The Kier molecular flexibility index (Phi) is 8.27. The van der Waals surface area contributed by atoms with Crippen LogP contribution >= 0.6 is 0 Å². The number of carboxylic acids is 1. The molecule has 1 unspecified atom stereocenters. The van der Waals surface area contributed by atoms with Crippen LogP contribution in [0.15, 0.2) is 0 Å². The van der Waals surface area contributed by atoms with E-state index in [4.69, 9.17) is 4.74 Å². The fraction of sp³-hybridized carbons (Fsp3) is 0.750. The number of ether oxygens (including phenoxy) is 2. The summed E-state index contributed by atoms with van der Waals surface area (Å²) in [6.45, 7) is 2.94. The van der Waals surface area contributed by atoms with E-state index in [0.29, 0.717) is 6.42 Å². The lowest BCUT2D eigenvalue weighted by atomic mass is 9.92. The van der Waals surface area contributed by atoms with Gasteiger partial charge in [-0.1, -0.05) is 6.92 Å². The summed E-state index contributed by atoms with van der Waals surface area (Å²) in [5, 5.41) is 14.3. The van der Waals surface area contributed by atoms with Gasteiger partial charge in [0.15, 0.2) is 0 Å². The normalized spacial score (nSPS) is 25.8. The molecule has 0 aromatic heterocycles. The minimum absolute atomic E-state index is 0.0144. The van der Waals surface area contributed by atoms with Crippen LogP contribution in [-0.4, -0.2) is 55.1 Å². The van der Waals surface area contributed by atoms with Crippen LogP contribution in [0.1, 0.15) is 33.1 Å². The van der Waals surface area contributed by atoms with Gasteiger partial charge in [-0.2, -0.15) is 0 Å². The first kappa shape index (κ1) is 21.7. The van der Waals surface area contributed by atoms with E-state index in [0.717, 1.165) is 0 Å². The van der Waals surface area contributed by atoms with Gasteiger partial charge in [0.25, 0.3) is 0 Å². The molecule has 1 fully saturated rings. The number of carbonyl (C=O) groups excluding carboxylic acids is 3. The van der Waals surface area contributed by atoms with Crippen molar-refractivity contribution in [1.82, 2.24) is 10.6 Å². The van der Waals surface area contributed by atoms with Gasteiger partial charge in [0.05, 0.1) is 25.0 Å². The zero-order chi connectivity index (χ0) is 19.9. The predicted octanol–water partition coefficient (Wildman–Crippen LogP) is 0.823. The molecule has 0 aromatic rings. The first-order chi connectivity index (χ1) is 12.2. The first-order valence-electron chi connectivity index (χ1n) is 8.37. The summed E-state index contributed by atoms with van der Waals surface area (Å²) >= 11 is 0. The van der Waals surface area contributed by atoms with Crippen LogP contribution in [0.5, 0.6) is 0 Å². The number of halogens is 1. The number of nitrogens with one attached hydrogen (secondary N) is 2. The third-order valence-electron chi connectivity index (χ3n) is 4.36. The van der Waals surface area contributed by atoms with E-state index in [1.54, 1.807) is 6.92 Å². The summed E-state index contributed by atoms with van der Waals surface area (Å²) < 4.78 is 22.7. The molecule has 0 heterocycles. The maximum Gasteiger partial charge on any atom is 0.409 e. The van der Waals surface area contributed by atoms with Gasteiger partial charge in [-0.05, 0) is 12.8 Å². The van der Waals surface area contributed by atoms with Crippen LogP contribution in [0.25, 0.3) is 0 Å². The van der Waals surface area contributed by atoms with Gasteiger partial charge >= 0.3 is 18.0 Å². The van der Waals surface area contributed by atoms with Crippen LogP contribution in [0, 0.1) is 17.8 Å². The molecule has 0 radical (unpaired) electrons. The number of esters is 1. The Morgan fingerprint density at radius 1 is 1.27 bits per heavy atom. The Labute approximate surface area is 150 Å². The maximum atomic E-state index is 13.5. The topological polar surface area (TPSA) is 131 Å². The Balaban J connectivity index is 2.97. The first-order valence-corrected chi connectivity index (χ1v) is 8.37. The highest BCUT2D eigenvalue weighted by atomic mass is 19.1. The standard InChI is InChI=1S/C16H25FN2O7/c1-4-5-12(17)26-16(24)19-13-10(14(21)22)6-9(15(23)25-3)11(13)7-18-8(2)20/h9-13H,4-7H2,1-3H3,(H,18,20)(H,19,24)(H,21,22)/t9-,10+,11+,12?,13-/m1/s1. The van der Waals surface area contributed by atoms with Gasteiger partial charge in [0.2, 0.25) is 12.3 Å². The van der Waals surface area contributed by atoms with Gasteiger partial charge < -0.3 is 25.2 Å². The summed E-state index contributed by atoms with van der Waals surface area (Å²) in [6, 6.07) is -1.02. The highest BCUT2D eigenvalue weighted by molar-refractivity contribution is 5.79. The molecule has 1 aliphatic carbocycles. The molecule has 5 atom stereocenters. The Morgan fingerprint density at radius 2 is 1.92 bits per heavy atom. The second-order valence-electron chi connectivity index (χ2n) is 6.19. The van der Waals surface area contributed by atoms with Crippen molar-refractivity contribution in [3.8, 4) is 0 Å². The monoisotopic (exact) mass is 376 g/mol. The predicted molar refractivity (Wildman–Crippen MR) is 86.6 cm³/mol. The van der Waals surface area contributed by atoms with Crippen molar-refractivity contribution in [2.45, 2.75) is 45.5 Å². The van der Waals surface area contributed by atoms with Crippen molar-refractivity contribution in [2.24, 2.45) is 17.8 Å². The van der Waals surface area contributed by atoms with E-state index in [1.807, 2.05) is 0 Å². The Morgan fingerprint density at radius 3 is 2.42 bits per heavy atom. The van der Waals surface area contributed by atoms with Crippen molar-refractivity contribution in [3.05, 3.63) is 0 Å². The van der Waals surface area contributed by atoms with E-state index in [9.17, 15) is 28.7 Å². The lowest BCUT2D eigenvalue weighted by Crippen LogP contribution is -2.48. The minimum Gasteiger partial charge on any atom is -0.481 e. The zero-order valence-corrected chi connectivity index (χ0v) is 15.0. The summed E-state index contributed by atoms with van der Waals surface area (Å²) in [5.41, 5.74) is 0. The Bertz CT molecular complexity index is 543. The van der Waals surface area contributed by atoms with E-state index in [1.165, 1.54) is 14.0 Å². The number of methoxy groups -OCH3 is 1. The fourth-order valence-electron chi connectivity index (χ4n) is 3.13. The molecule has 1 saturated carbocycles. The molecule has 0 aromatic carbocycles. The molecule has 148 valence electrons. The number of hydrogen-bond donors (Lipinski definition) is 3. The number of alkyl carbamates (subject to hydrolysis) is 1. The van der Waals surface area contributed by atoms with Gasteiger partial charge in [-0.25, -0.2) is 9.18 Å². The number of rotatable bonds is 8. The van der Waals surface area contributed by atoms with Gasteiger partial charge in [-0.15, -0.1) is 0 Å². The largest absolute Gasteiger partial charge is 0.481 e. The quantitative estimate of drug-likeness (QED) is 0.535. The maximum absolute atomic E-state index is 13.5. The molecule has 9 nitrogen and oxygen atoms in total. The minimum atomic E-state index is -1.81. The summed E-state index contributed by atoms with van der Waals surface area (Å²) in [6.07, 6.45) is -2.52. The Hall–Kier alpha value is -2.39. The number of carboxylic acid groups (broad SMARTS) is 1.